The molecule has 2 aromatic rings. The molecule has 1 heterocycles. The fourth-order valence-corrected chi connectivity index (χ4v) is 3.93. The third kappa shape index (κ3) is 4.86. The van der Waals surface area contributed by atoms with Crippen molar-refractivity contribution in [2.24, 2.45) is 5.73 Å². The van der Waals surface area contributed by atoms with E-state index in [-0.39, 0.29) is 19.3 Å². The quantitative estimate of drug-likeness (QED) is 0.771. The fraction of sp³-hybridized carbons (Fsp3) is 0.500. The highest BCUT2D eigenvalue weighted by Gasteiger charge is 2.30. The predicted molar refractivity (Wildman–Crippen MR) is 106 cm³/mol. The molecule has 2 N–H and O–H groups in total. The van der Waals surface area contributed by atoms with Crippen LogP contribution in [0.15, 0.2) is 53.5 Å². The Morgan fingerprint density at radius 1 is 1.14 bits per heavy atom. The SMILES string of the molecule is CC(F)(F)c1cccn(C(CN)CO[C@H]2CC[C@@H](c3ccccc3)CC2)c1=O. The molecule has 0 amide bonds. The summed E-state index contributed by atoms with van der Waals surface area (Å²) in [5, 5.41) is 0. The Bertz CT molecular complexity index is 809. The summed E-state index contributed by atoms with van der Waals surface area (Å²) in [6.07, 6.45) is 5.61. The Morgan fingerprint density at radius 3 is 2.43 bits per heavy atom. The zero-order valence-electron chi connectivity index (χ0n) is 16.2. The molecule has 0 saturated heterocycles. The van der Waals surface area contributed by atoms with E-state index in [4.69, 9.17) is 10.5 Å². The lowest BCUT2D eigenvalue weighted by Crippen LogP contribution is -2.37. The van der Waals surface area contributed by atoms with E-state index in [1.165, 1.54) is 22.4 Å². The topological polar surface area (TPSA) is 57.2 Å². The van der Waals surface area contributed by atoms with Crippen LogP contribution < -0.4 is 11.3 Å². The van der Waals surface area contributed by atoms with Gasteiger partial charge in [-0.3, -0.25) is 4.79 Å². The van der Waals surface area contributed by atoms with Crippen molar-refractivity contribution in [1.82, 2.24) is 4.57 Å². The Kier molecular flexibility index (Phi) is 6.62. The van der Waals surface area contributed by atoms with Gasteiger partial charge in [-0.05, 0) is 49.3 Å². The molecule has 152 valence electrons. The zero-order chi connectivity index (χ0) is 20.1. The molecule has 1 aliphatic carbocycles. The maximum absolute atomic E-state index is 13.6. The Balaban J connectivity index is 1.59. The average Bonchev–Trinajstić information content (AvgIpc) is 2.70. The number of rotatable bonds is 7. The van der Waals surface area contributed by atoms with Gasteiger partial charge in [0, 0.05) is 19.7 Å². The number of pyridine rings is 1. The van der Waals surface area contributed by atoms with Crippen LogP contribution in [0.25, 0.3) is 0 Å². The van der Waals surface area contributed by atoms with Crippen LogP contribution >= 0.6 is 0 Å². The highest BCUT2D eigenvalue weighted by molar-refractivity contribution is 5.20. The molecule has 4 nitrogen and oxygen atoms in total. The molecule has 1 aromatic carbocycles. The molecule has 1 unspecified atom stereocenters. The fourth-order valence-electron chi connectivity index (χ4n) is 3.93. The maximum atomic E-state index is 13.6. The van der Waals surface area contributed by atoms with Gasteiger partial charge in [-0.15, -0.1) is 0 Å². The van der Waals surface area contributed by atoms with E-state index in [9.17, 15) is 13.6 Å². The van der Waals surface area contributed by atoms with Crippen LogP contribution in [0.2, 0.25) is 0 Å². The van der Waals surface area contributed by atoms with Crippen LogP contribution in [0.4, 0.5) is 8.78 Å². The minimum atomic E-state index is -3.18. The number of aromatic nitrogens is 1. The van der Waals surface area contributed by atoms with Gasteiger partial charge in [0.25, 0.3) is 11.5 Å². The third-order valence-electron chi connectivity index (χ3n) is 5.58. The second kappa shape index (κ2) is 8.97. The van der Waals surface area contributed by atoms with Crippen molar-refractivity contribution in [3.05, 3.63) is 70.1 Å². The number of hydrogen-bond donors (Lipinski definition) is 1. The lowest BCUT2D eigenvalue weighted by Gasteiger charge is -2.30. The smallest absolute Gasteiger partial charge is 0.275 e. The molecule has 0 aliphatic heterocycles. The highest BCUT2D eigenvalue weighted by Crippen LogP contribution is 2.34. The summed E-state index contributed by atoms with van der Waals surface area (Å²) < 4.78 is 34.6. The molecule has 3 rings (SSSR count). The number of benzene rings is 1. The molecule has 1 aromatic heterocycles. The third-order valence-corrected chi connectivity index (χ3v) is 5.58. The van der Waals surface area contributed by atoms with Gasteiger partial charge in [-0.1, -0.05) is 30.3 Å². The van der Waals surface area contributed by atoms with Gasteiger partial charge in [0.1, 0.15) is 0 Å². The number of halogens is 2. The van der Waals surface area contributed by atoms with Crippen LogP contribution in [-0.4, -0.2) is 23.8 Å². The standard InChI is InChI=1S/C22H28F2N2O2/c1-22(23,24)20-8-5-13-26(21(20)27)18(14-25)15-28-19-11-9-17(10-12-19)16-6-3-2-4-7-16/h2-8,13,17-19H,9-12,14-15,25H2,1H3/t17-,18?,19+. The minimum absolute atomic E-state index is 0.112. The van der Waals surface area contributed by atoms with Crippen LogP contribution in [0.5, 0.6) is 0 Å². The lowest BCUT2D eigenvalue weighted by molar-refractivity contribution is 0.00483. The van der Waals surface area contributed by atoms with Gasteiger partial charge < -0.3 is 15.0 Å². The number of nitrogens with zero attached hydrogens (tertiary/aromatic N) is 1. The van der Waals surface area contributed by atoms with E-state index >= 15 is 0 Å². The zero-order valence-corrected chi connectivity index (χ0v) is 16.2. The molecule has 1 saturated carbocycles. The van der Waals surface area contributed by atoms with Crippen LogP contribution in [0.3, 0.4) is 0 Å². The summed E-state index contributed by atoms with van der Waals surface area (Å²) in [6, 6.07) is 12.7. The first-order valence-electron chi connectivity index (χ1n) is 9.86. The Hall–Kier alpha value is -2.05. The molecule has 28 heavy (non-hydrogen) atoms. The summed E-state index contributed by atoms with van der Waals surface area (Å²) in [4.78, 5) is 12.4. The van der Waals surface area contributed by atoms with Crippen molar-refractivity contribution in [3.8, 4) is 0 Å². The summed E-state index contributed by atoms with van der Waals surface area (Å²) in [7, 11) is 0. The van der Waals surface area contributed by atoms with Crippen molar-refractivity contribution in [2.75, 3.05) is 13.2 Å². The average molecular weight is 390 g/mol. The predicted octanol–water partition coefficient (Wildman–Crippen LogP) is 4.20. The first-order chi connectivity index (χ1) is 13.4. The largest absolute Gasteiger partial charge is 0.376 e. The molecular formula is C22H28F2N2O2. The highest BCUT2D eigenvalue weighted by atomic mass is 19.3. The molecule has 0 spiro atoms. The van der Waals surface area contributed by atoms with Crippen molar-refractivity contribution in [1.29, 1.82) is 0 Å². The van der Waals surface area contributed by atoms with E-state index in [1.54, 1.807) is 0 Å². The van der Waals surface area contributed by atoms with Crippen molar-refractivity contribution in [3.63, 3.8) is 0 Å². The van der Waals surface area contributed by atoms with Crippen LogP contribution in [0, 0.1) is 0 Å². The molecule has 1 aliphatic rings. The normalized spacial score (nSPS) is 21.4. The summed E-state index contributed by atoms with van der Waals surface area (Å²) in [5.74, 6) is -2.63. The maximum Gasteiger partial charge on any atom is 0.275 e. The number of alkyl halides is 2. The van der Waals surface area contributed by atoms with Gasteiger partial charge in [-0.25, -0.2) is 8.78 Å². The van der Waals surface area contributed by atoms with Crippen molar-refractivity contribution >= 4 is 0 Å². The summed E-state index contributed by atoms with van der Waals surface area (Å²) in [6.45, 7) is 1.13. The molecule has 1 fully saturated rings. The minimum Gasteiger partial charge on any atom is -0.376 e. The van der Waals surface area contributed by atoms with E-state index in [1.807, 2.05) is 6.07 Å². The number of ether oxygens (including phenoxy) is 1. The molecule has 0 radical (unpaired) electrons. The summed E-state index contributed by atoms with van der Waals surface area (Å²) >= 11 is 0. The molecule has 1 atom stereocenters. The Labute approximate surface area is 164 Å². The van der Waals surface area contributed by atoms with Gasteiger partial charge in [0.2, 0.25) is 0 Å². The first kappa shape index (κ1) is 20.7. The molecular weight excluding hydrogens is 362 g/mol. The van der Waals surface area contributed by atoms with Gasteiger partial charge in [0.05, 0.1) is 24.3 Å². The van der Waals surface area contributed by atoms with Crippen LogP contribution in [0.1, 0.15) is 55.7 Å². The van der Waals surface area contributed by atoms with Gasteiger partial charge in [-0.2, -0.15) is 0 Å². The number of nitrogens with two attached hydrogens (primary N) is 1. The van der Waals surface area contributed by atoms with Crippen molar-refractivity contribution in [2.45, 2.75) is 56.6 Å². The molecule has 0 bridgehead atoms. The second-order valence-electron chi connectivity index (χ2n) is 7.63. The molecule has 6 heteroatoms. The van der Waals surface area contributed by atoms with Gasteiger partial charge in [0.15, 0.2) is 0 Å². The van der Waals surface area contributed by atoms with Crippen molar-refractivity contribution < 1.29 is 13.5 Å². The first-order valence-corrected chi connectivity index (χ1v) is 9.86. The van der Waals surface area contributed by atoms with E-state index in [0.717, 1.165) is 38.7 Å². The van der Waals surface area contributed by atoms with Gasteiger partial charge >= 0.3 is 0 Å². The second-order valence-corrected chi connectivity index (χ2v) is 7.63. The monoisotopic (exact) mass is 390 g/mol. The Morgan fingerprint density at radius 2 is 1.82 bits per heavy atom. The summed E-state index contributed by atoms with van der Waals surface area (Å²) in [5.41, 5.74) is 5.96. The number of hydrogen-bond acceptors (Lipinski definition) is 3. The van der Waals surface area contributed by atoms with E-state index in [2.05, 4.69) is 24.3 Å². The van der Waals surface area contributed by atoms with E-state index in [0.29, 0.717) is 5.92 Å². The van der Waals surface area contributed by atoms with E-state index < -0.39 is 23.1 Å². The lowest BCUT2D eigenvalue weighted by atomic mass is 9.83. The van der Waals surface area contributed by atoms with Crippen LogP contribution in [-0.2, 0) is 10.7 Å².